The van der Waals surface area contributed by atoms with Crippen LogP contribution in [0.25, 0.3) is 0 Å². The molecule has 25 heavy (non-hydrogen) atoms. The molecular weight excluding hydrogens is 316 g/mol. The van der Waals surface area contributed by atoms with Gasteiger partial charge in [-0.3, -0.25) is 9.59 Å². The first-order chi connectivity index (χ1) is 12.1. The van der Waals surface area contributed by atoms with Crippen molar-refractivity contribution in [1.29, 1.82) is 0 Å². The zero-order valence-corrected chi connectivity index (χ0v) is 14.8. The molecule has 0 aromatic heterocycles. The summed E-state index contributed by atoms with van der Waals surface area (Å²) in [5.41, 5.74) is 0.999. The van der Waals surface area contributed by atoms with Gasteiger partial charge in [0.25, 0.3) is 5.91 Å². The van der Waals surface area contributed by atoms with E-state index in [0.717, 1.165) is 50.8 Å². The topological polar surface area (TPSA) is 49.9 Å². The number of hydrogen-bond acceptors (Lipinski definition) is 3. The molecule has 0 aliphatic carbocycles. The van der Waals surface area contributed by atoms with Gasteiger partial charge < -0.3 is 14.5 Å². The van der Waals surface area contributed by atoms with Crippen LogP contribution in [0.1, 0.15) is 43.6 Å². The van der Waals surface area contributed by atoms with Crippen molar-refractivity contribution in [3.63, 3.8) is 0 Å². The van der Waals surface area contributed by atoms with Gasteiger partial charge in [0.15, 0.2) is 0 Å². The minimum Gasteiger partial charge on any atom is -0.368 e. The van der Waals surface area contributed by atoms with Gasteiger partial charge in [0.2, 0.25) is 5.91 Å². The molecule has 0 unspecified atom stereocenters. The molecule has 2 amide bonds. The number of ether oxygens (including phenoxy) is 1. The van der Waals surface area contributed by atoms with Crippen LogP contribution in [-0.4, -0.2) is 60.0 Å². The van der Waals surface area contributed by atoms with Crippen molar-refractivity contribution in [1.82, 2.24) is 9.80 Å². The second-order valence-corrected chi connectivity index (χ2v) is 7.62. The maximum atomic E-state index is 12.8. The average molecular weight is 342 g/mol. The van der Waals surface area contributed by atoms with Gasteiger partial charge in [-0.2, -0.15) is 0 Å². The fourth-order valence-electron chi connectivity index (χ4n) is 4.68. The summed E-state index contributed by atoms with van der Waals surface area (Å²) in [7, 11) is 1.93. The molecule has 0 saturated carbocycles. The third-order valence-electron chi connectivity index (χ3n) is 6.34. The van der Waals surface area contributed by atoms with Gasteiger partial charge in [0.05, 0.1) is 5.92 Å². The van der Waals surface area contributed by atoms with Crippen LogP contribution in [0.15, 0.2) is 30.3 Å². The highest BCUT2D eigenvalue weighted by atomic mass is 16.5. The van der Waals surface area contributed by atoms with E-state index in [2.05, 4.69) is 0 Å². The van der Waals surface area contributed by atoms with Crippen LogP contribution >= 0.6 is 0 Å². The van der Waals surface area contributed by atoms with Gasteiger partial charge in [-0.25, -0.2) is 0 Å². The molecule has 1 aromatic rings. The molecule has 4 rings (SSSR count). The SMILES string of the molecule is CN1C(=O)[C@@H](c2ccccc2)CC12CCN(C(=O)[C@H]1CCCO1)CC2. The Balaban J connectivity index is 1.45. The summed E-state index contributed by atoms with van der Waals surface area (Å²) in [5.74, 6) is 0.302. The van der Waals surface area contributed by atoms with E-state index >= 15 is 0 Å². The highest BCUT2D eigenvalue weighted by Gasteiger charge is 2.51. The lowest BCUT2D eigenvalue weighted by molar-refractivity contribution is -0.144. The summed E-state index contributed by atoms with van der Waals surface area (Å²) in [5, 5.41) is 0. The van der Waals surface area contributed by atoms with E-state index in [-0.39, 0.29) is 29.4 Å². The number of likely N-dealkylation sites (tertiary alicyclic amines) is 2. The molecule has 1 aromatic carbocycles. The van der Waals surface area contributed by atoms with Crippen LogP contribution in [0.5, 0.6) is 0 Å². The number of hydrogen-bond donors (Lipinski definition) is 0. The Morgan fingerprint density at radius 3 is 2.56 bits per heavy atom. The number of amides is 2. The molecule has 2 atom stereocenters. The summed E-state index contributed by atoms with van der Waals surface area (Å²) >= 11 is 0. The van der Waals surface area contributed by atoms with E-state index in [1.165, 1.54) is 0 Å². The molecular formula is C20H26N2O3. The van der Waals surface area contributed by atoms with Gasteiger partial charge in [-0.05, 0) is 37.7 Å². The van der Waals surface area contributed by atoms with E-state index in [4.69, 9.17) is 4.74 Å². The molecule has 134 valence electrons. The van der Waals surface area contributed by atoms with Crippen LogP contribution < -0.4 is 0 Å². The van der Waals surface area contributed by atoms with Crippen molar-refractivity contribution >= 4 is 11.8 Å². The van der Waals surface area contributed by atoms with Gasteiger partial charge in [0, 0.05) is 32.3 Å². The van der Waals surface area contributed by atoms with Gasteiger partial charge in [-0.15, -0.1) is 0 Å². The van der Waals surface area contributed by atoms with Crippen molar-refractivity contribution in [2.45, 2.75) is 49.7 Å². The Morgan fingerprint density at radius 1 is 1.20 bits per heavy atom. The number of benzene rings is 1. The maximum absolute atomic E-state index is 12.8. The number of piperidine rings is 1. The Hall–Kier alpha value is -1.88. The van der Waals surface area contributed by atoms with Crippen LogP contribution in [0.2, 0.25) is 0 Å². The van der Waals surface area contributed by atoms with E-state index in [1.54, 1.807) is 0 Å². The molecule has 0 N–H and O–H groups in total. The van der Waals surface area contributed by atoms with E-state index < -0.39 is 0 Å². The van der Waals surface area contributed by atoms with Gasteiger partial charge in [-0.1, -0.05) is 30.3 Å². The first-order valence-corrected chi connectivity index (χ1v) is 9.34. The third kappa shape index (κ3) is 2.84. The second kappa shape index (κ2) is 6.45. The molecule has 1 spiro atoms. The second-order valence-electron chi connectivity index (χ2n) is 7.62. The molecule has 3 heterocycles. The normalized spacial score (nSPS) is 28.8. The van der Waals surface area contributed by atoms with Crippen LogP contribution in [0.4, 0.5) is 0 Å². The molecule has 0 bridgehead atoms. The van der Waals surface area contributed by atoms with Gasteiger partial charge >= 0.3 is 0 Å². The fraction of sp³-hybridized carbons (Fsp3) is 0.600. The smallest absolute Gasteiger partial charge is 0.251 e. The first kappa shape index (κ1) is 16.6. The average Bonchev–Trinajstić information content (AvgIpc) is 3.27. The molecule has 3 saturated heterocycles. The van der Waals surface area contributed by atoms with Crippen molar-refractivity contribution in [2.24, 2.45) is 0 Å². The van der Waals surface area contributed by atoms with E-state index in [9.17, 15) is 9.59 Å². The highest BCUT2D eigenvalue weighted by molar-refractivity contribution is 5.87. The van der Waals surface area contributed by atoms with E-state index in [1.807, 2.05) is 47.2 Å². The molecule has 3 fully saturated rings. The lowest BCUT2D eigenvalue weighted by Gasteiger charge is -2.43. The Labute approximate surface area is 148 Å². The van der Waals surface area contributed by atoms with E-state index in [0.29, 0.717) is 6.61 Å². The van der Waals surface area contributed by atoms with Crippen LogP contribution in [0.3, 0.4) is 0 Å². The fourth-order valence-corrected chi connectivity index (χ4v) is 4.68. The molecule has 0 radical (unpaired) electrons. The summed E-state index contributed by atoms with van der Waals surface area (Å²) in [6.45, 7) is 2.14. The van der Waals surface area contributed by atoms with Crippen molar-refractivity contribution in [3.05, 3.63) is 35.9 Å². The monoisotopic (exact) mass is 342 g/mol. The summed E-state index contributed by atoms with van der Waals surface area (Å²) < 4.78 is 5.54. The van der Waals surface area contributed by atoms with Crippen molar-refractivity contribution in [3.8, 4) is 0 Å². The quantitative estimate of drug-likeness (QED) is 0.828. The van der Waals surface area contributed by atoms with Gasteiger partial charge in [0.1, 0.15) is 6.10 Å². The zero-order chi connectivity index (χ0) is 17.4. The molecule has 3 aliphatic heterocycles. The Morgan fingerprint density at radius 2 is 1.92 bits per heavy atom. The Bertz CT molecular complexity index is 646. The number of carbonyl (C=O) groups excluding carboxylic acids is 2. The van der Waals surface area contributed by atoms with Crippen molar-refractivity contribution in [2.75, 3.05) is 26.7 Å². The highest BCUT2D eigenvalue weighted by Crippen LogP contribution is 2.44. The lowest BCUT2D eigenvalue weighted by Crippen LogP contribution is -2.54. The number of rotatable bonds is 2. The largest absolute Gasteiger partial charge is 0.368 e. The van der Waals surface area contributed by atoms with Crippen LogP contribution in [0, 0.1) is 0 Å². The standard InChI is InChI=1S/C20H26N2O3/c1-21-18(23)16(15-6-3-2-4-7-15)14-20(21)9-11-22(12-10-20)19(24)17-8-5-13-25-17/h2-4,6-7,16-17H,5,8-14H2,1H3/t16-,17-/m1/s1. The third-order valence-corrected chi connectivity index (χ3v) is 6.34. The molecule has 5 heteroatoms. The van der Waals surface area contributed by atoms with Crippen LogP contribution in [-0.2, 0) is 14.3 Å². The maximum Gasteiger partial charge on any atom is 0.251 e. The first-order valence-electron chi connectivity index (χ1n) is 9.34. The minimum atomic E-state index is -0.242. The lowest BCUT2D eigenvalue weighted by atomic mass is 9.81. The summed E-state index contributed by atoms with van der Waals surface area (Å²) in [4.78, 5) is 29.3. The van der Waals surface area contributed by atoms with Crippen molar-refractivity contribution < 1.29 is 14.3 Å². The number of carbonyl (C=O) groups is 2. The predicted molar refractivity (Wildman–Crippen MR) is 94.1 cm³/mol. The summed E-state index contributed by atoms with van der Waals surface area (Å²) in [6.07, 6.45) is 4.15. The summed E-state index contributed by atoms with van der Waals surface area (Å²) in [6, 6.07) is 10.1. The number of nitrogens with zero attached hydrogens (tertiary/aromatic N) is 2. The molecule has 5 nitrogen and oxygen atoms in total. The predicted octanol–water partition coefficient (Wildman–Crippen LogP) is 2.17. The number of likely N-dealkylation sites (N-methyl/N-ethyl adjacent to an activating group) is 1. The minimum absolute atomic E-state index is 0.0494. The Kier molecular flexibility index (Phi) is 4.28. The molecule has 3 aliphatic rings. The zero-order valence-electron chi connectivity index (χ0n) is 14.8.